The summed E-state index contributed by atoms with van der Waals surface area (Å²) in [7, 11) is 3.12. The van der Waals surface area contributed by atoms with E-state index in [9.17, 15) is 14.7 Å². The van der Waals surface area contributed by atoms with Crippen molar-refractivity contribution in [2.75, 3.05) is 27.4 Å². The second-order valence-corrected chi connectivity index (χ2v) is 7.59. The van der Waals surface area contributed by atoms with Crippen LogP contribution in [-0.2, 0) is 14.3 Å². The van der Waals surface area contributed by atoms with E-state index in [0.717, 1.165) is 12.8 Å². The molecule has 7 nitrogen and oxygen atoms in total. The average Bonchev–Trinajstić information content (AvgIpc) is 3.41. The van der Waals surface area contributed by atoms with E-state index in [4.69, 9.17) is 14.2 Å². The lowest BCUT2D eigenvalue weighted by molar-refractivity contribution is -0.140. The number of hydrogen-bond donors (Lipinski definition) is 1. The van der Waals surface area contributed by atoms with Crippen molar-refractivity contribution in [2.24, 2.45) is 0 Å². The van der Waals surface area contributed by atoms with Crippen molar-refractivity contribution in [1.29, 1.82) is 0 Å². The highest BCUT2D eigenvalue weighted by Crippen LogP contribution is 2.40. The molecule has 2 fully saturated rings. The van der Waals surface area contributed by atoms with E-state index in [2.05, 4.69) is 0 Å². The van der Waals surface area contributed by atoms with Gasteiger partial charge in [0.25, 0.3) is 11.7 Å². The molecule has 7 heteroatoms. The maximum absolute atomic E-state index is 13.0. The number of aliphatic hydroxyl groups excluding tert-OH is 1. The van der Waals surface area contributed by atoms with Gasteiger partial charge in [-0.2, -0.15) is 0 Å². The van der Waals surface area contributed by atoms with Gasteiger partial charge in [0.05, 0.1) is 31.9 Å². The fourth-order valence-electron chi connectivity index (χ4n) is 4.11. The lowest BCUT2D eigenvalue weighted by Gasteiger charge is -2.27. The largest absolute Gasteiger partial charge is 0.507 e. The van der Waals surface area contributed by atoms with Gasteiger partial charge in [0.1, 0.15) is 17.3 Å². The molecule has 2 aromatic rings. The Bertz CT molecular complexity index is 990. The van der Waals surface area contributed by atoms with Crippen LogP contribution in [0.2, 0.25) is 0 Å². The smallest absolute Gasteiger partial charge is 0.295 e. The van der Waals surface area contributed by atoms with Crippen molar-refractivity contribution in [3.63, 3.8) is 0 Å². The van der Waals surface area contributed by atoms with Crippen LogP contribution < -0.4 is 9.47 Å². The van der Waals surface area contributed by atoms with E-state index < -0.39 is 17.7 Å². The predicted molar refractivity (Wildman–Crippen MR) is 114 cm³/mol. The number of ketones is 1. The first-order chi connectivity index (χ1) is 15.0. The zero-order chi connectivity index (χ0) is 22.0. The third-order valence-corrected chi connectivity index (χ3v) is 5.76. The number of benzene rings is 2. The average molecular weight is 423 g/mol. The summed E-state index contributed by atoms with van der Waals surface area (Å²) in [4.78, 5) is 27.5. The highest BCUT2D eigenvalue weighted by Gasteiger charge is 2.47. The van der Waals surface area contributed by atoms with E-state index in [1.54, 1.807) is 62.8 Å². The summed E-state index contributed by atoms with van der Waals surface area (Å²) >= 11 is 0. The van der Waals surface area contributed by atoms with E-state index >= 15 is 0 Å². The normalized spacial score (nSPS) is 22.7. The number of aliphatic hydroxyl groups is 1. The Morgan fingerprint density at radius 1 is 1.03 bits per heavy atom. The molecule has 0 aromatic heterocycles. The Balaban J connectivity index is 1.79. The highest BCUT2D eigenvalue weighted by molar-refractivity contribution is 6.46. The number of amides is 1. The zero-order valence-corrected chi connectivity index (χ0v) is 17.5. The van der Waals surface area contributed by atoms with Gasteiger partial charge in [-0.15, -0.1) is 0 Å². The fraction of sp³-hybridized carbons (Fsp3) is 0.333. The molecule has 2 aliphatic rings. The van der Waals surface area contributed by atoms with Crippen molar-refractivity contribution >= 4 is 17.4 Å². The molecule has 1 amide bonds. The monoisotopic (exact) mass is 423 g/mol. The van der Waals surface area contributed by atoms with E-state index in [-0.39, 0.29) is 17.4 Å². The van der Waals surface area contributed by atoms with Gasteiger partial charge < -0.3 is 24.2 Å². The molecule has 0 bridgehead atoms. The van der Waals surface area contributed by atoms with Gasteiger partial charge in [-0.1, -0.05) is 12.1 Å². The van der Waals surface area contributed by atoms with Gasteiger partial charge in [-0.25, -0.2) is 0 Å². The van der Waals surface area contributed by atoms with Gasteiger partial charge in [0.2, 0.25) is 0 Å². The Morgan fingerprint density at radius 2 is 1.65 bits per heavy atom. The first kappa shape index (κ1) is 20.9. The maximum Gasteiger partial charge on any atom is 0.295 e. The molecule has 162 valence electrons. The van der Waals surface area contributed by atoms with Crippen LogP contribution in [0.1, 0.15) is 30.0 Å². The predicted octanol–water partition coefficient (Wildman–Crippen LogP) is 3.30. The minimum atomic E-state index is -0.711. The maximum atomic E-state index is 13.0. The number of carbonyl (C=O) groups excluding carboxylic acids is 2. The fourth-order valence-corrected chi connectivity index (χ4v) is 4.11. The number of rotatable bonds is 6. The van der Waals surface area contributed by atoms with Crippen molar-refractivity contribution < 1.29 is 28.9 Å². The summed E-state index contributed by atoms with van der Waals surface area (Å²) < 4.78 is 16.1. The molecule has 0 radical (unpaired) electrons. The van der Waals surface area contributed by atoms with Crippen LogP contribution in [0.5, 0.6) is 11.5 Å². The van der Waals surface area contributed by atoms with Crippen molar-refractivity contribution in [3.8, 4) is 11.5 Å². The molecule has 0 spiro atoms. The Hall–Kier alpha value is -3.32. The summed E-state index contributed by atoms with van der Waals surface area (Å²) in [6.45, 7) is 0.939. The molecule has 1 N–H and O–H groups in total. The molecule has 2 atom stereocenters. The number of nitrogens with zero attached hydrogens (tertiary/aromatic N) is 1. The van der Waals surface area contributed by atoms with Crippen molar-refractivity contribution in [2.45, 2.75) is 25.0 Å². The van der Waals surface area contributed by atoms with Crippen molar-refractivity contribution in [1.82, 2.24) is 4.90 Å². The van der Waals surface area contributed by atoms with Crippen LogP contribution in [0, 0.1) is 0 Å². The van der Waals surface area contributed by atoms with Gasteiger partial charge in [-0.05, 0) is 54.8 Å². The Labute approximate surface area is 180 Å². The number of Topliss-reactive ketones (excluding diaryl/α,β-unsaturated/α-hetero) is 1. The summed E-state index contributed by atoms with van der Waals surface area (Å²) in [5.41, 5.74) is 1.22. The van der Waals surface area contributed by atoms with Gasteiger partial charge in [0.15, 0.2) is 0 Å². The summed E-state index contributed by atoms with van der Waals surface area (Å²) in [6.07, 6.45) is 1.63. The second-order valence-electron chi connectivity index (χ2n) is 7.59. The molecule has 31 heavy (non-hydrogen) atoms. The Morgan fingerprint density at radius 3 is 2.19 bits per heavy atom. The zero-order valence-electron chi connectivity index (χ0n) is 17.5. The highest BCUT2D eigenvalue weighted by atomic mass is 16.5. The minimum Gasteiger partial charge on any atom is -0.507 e. The van der Waals surface area contributed by atoms with Crippen LogP contribution in [0.3, 0.4) is 0 Å². The van der Waals surface area contributed by atoms with Crippen LogP contribution in [0.15, 0.2) is 54.1 Å². The minimum absolute atomic E-state index is 0.0679. The lowest BCUT2D eigenvalue weighted by atomic mass is 9.95. The topological polar surface area (TPSA) is 85.3 Å². The van der Waals surface area contributed by atoms with E-state index in [0.29, 0.717) is 35.8 Å². The third-order valence-electron chi connectivity index (χ3n) is 5.76. The number of ether oxygens (including phenoxy) is 3. The van der Waals surface area contributed by atoms with Gasteiger partial charge in [0, 0.05) is 18.7 Å². The first-order valence-corrected chi connectivity index (χ1v) is 10.2. The first-order valence-electron chi connectivity index (χ1n) is 10.2. The molecular weight excluding hydrogens is 398 g/mol. The Kier molecular flexibility index (Phi) is 5.95. The van der Waals surface area contributed by atoms with Crippen LogP contribution in [0.4, 0.5) is 0 Å². The summed E-state index contributed by atoms with van der Waals surface area (Å²) in [5, 5.41) is 11.1. The SMILES string of the molecule is COc1ccc(/C(O)=C2\C(=O)C(=O)N(C[C@H]3CCCO3)[C@H]2c2ccc(OC)cc2)cc1. The molecule has 0 aliphatic carbocycles. The molecule has 2 saturated heterocycles. The van der Waals surface area contributed by atoms with E-state index in [1.165, 1.54) is 4.90 Å². The molecule has 0 saturated carbocycles. The van der Waals surface area contributed by atoms with Crippen LogP contribution in [-0.4, -0.2) is 55.2 Å². The quantitative estimate of drug-likeness (QED) is 0.436. The molecule has 2 heterocycles. The van der Waals surface area contributed by atoms with Gasteiger partial charge in [-0.3, -0.25) is 9.59 Å². The molecule has 4 rings (SSSR count). The standard InChI is InChI=1S/C24H25NO6/c1-29-17-9-5-15(6-10-17)21-20(22(26)16-7-11-18(30-2)12-8-16)23(27)24(28)25(21)14-19-4-3-13-31-19/h5-12,19,21,26H,3-4,13-14H2,1-2H3/b22-20+/t19-,21+/m1/s1. The van der Waals surface area contributed by atoms with Crippen molar-refractivity contribution in [3.05, 3.63) is 65.2 Å². The summed E-state index contributed by atoms with van der Waals surface area (Å²) in [6, 6.07) is 13.2. The second kappa shape index (κ2) is 8.81. The van der Waals surface area contributed by atoms with Crippen LogP contribution >= 0.6 is 0 Å². The lowest BCUT2D eigenvalue weighted by Crippen LogP contribution is -2.36. The number of carbonyl (C=O) groups is 2. The number of methoxy groups -OCH3 is 2. The van der Waals surface area contributed by atoms with Crippen LogP contribution in [0.25, 0.3) is 5.76 Å². The number of likely N-dealkylation sites (tertiary alicyclic amines) is 1. The molecule has 0 unspecified atom stereocenters. The molecular formula is C24H25NO6. The molecule has 2 aliphatic heterocycles. The molecule has 2 aromatic carbocycles. The summed E-state index contributed by atoms with van der Waals surface area (Å²) in [5.74, 6) is -0.257. The number of hydrogen-bond acceptors (Lipinski definition) is 6. The van der Waals surface area contributed by atoms with Gasteiger partial charge >= 0.3 is 0 Å². The van der Waals surface area contributed by atoms with E-state index in [1.807, 2.05) is 0 Å². The third kappa shape index (κ3) is 4.01.